The zero-order chi connectivity index (χ0) is 18.3. The van der Waals surface area contributed by atoms with Gasteiger partial charge in [0.15, 0.2) is 24.6 Å². The minimum Gasteiger partial charge on any atom is -0.455 e. The Labute approximate surface area is 139 Å². The third-order valence-electron chi connectivity index (χ3n) is 3.46. The van der Waals surface area contributed by atoms with Gasteiger partial charge in [0.25, 0.3) is 0 Å². The summed E-state index contributed by atoms with van der Waals surface area (Å²) in [6.45, 7) is 4.09. The van der Waals surface area contributed by atoms with Gasteiger partial charge in [-0.1, -0.05) is 20.8 Å². The molecule has 0 spiro atoms. The van der Waals surface area contributed by atoms with E-state index in [-0.39, 0.29) is 19.3 Å². The number of rotatable bonds is 7. The van der Waals surface area contributed by atoms with Gasteiger partial charge in [-0.15, -0.1) is 0 Å². The number of carbonyl (C=O) groups excluding carboxylic acids is 3. The van der Waals surface area contributed by atoms with Gasteiger partial charge in [-0.05, 0) is 0 Å². The average Bonchev–Trinajstić information content (AvgIpc) is 2.58. The number of esters is 3. The Hall–Kier alpha value is -1.71. The Bertz CT molecular complexity index is 450. The van der Waals surface area contributed by atoms with E-state index in [2.05, 4.69) is 0 Å². The summed E-state index contributed by atoms with van der Waals surface area (Å²) in [5, 5.41) is 19.5. The first kappa shape index (κ1) is 20.3. The van der Waals surface area contributed by atoms with Crippen molar-refractivity contribution < 1.29 is 43.5 Å². The van der Waals surface area contributed by atoms with Crippen LogP contribution < -0.4 is 0 Å². The van der Waals surface area contributed by atoms with E-state index in [1.54, 1.807) is 20.8 Å². The molecule has 5 atom stereocenters. The van der Waals surface area contributed by atoms with Crippen LogP contribution in [0.3, 0.4) is 0 Å². The first-order valence-corrected chi connectivity index (χ1v) is 7.90. The molecule has 1 aliphatic heterocycles. The van der Waals surface area contributed by atoms with E-state index in [0.717, 1.165) is 0 Å². The highest BCUT2D eigenvalue weighted by molar-refractivity contribution is 5.71. The van der Waals surface area contributed by atoms with Crippen molar-refractivity contribution in [3.05, 3.63) is 0 Å². The molecule has 1 rings (SSSR count). The van der Waals surface area contributed by atoms with Gasteiger partial charge >= 0.3 is 17.9 Å². The van der Waals surface area contributed by atoms with Gasteiger partial charge in [-0.3, -0.25) is 14.4 Å². The standard InChI is InChI=1S/C15H24O9/c1-4-9(17)22-12-8(7-16)21-15(20)14(24-11(19)6-3)13(12)23-10(18)5-2/h8,12-16,20H,4-7H2,1-3H3/t8-,12+,13+,14-,15?/m1/s1. The second kappa shape index (κ2) is 9.55. The van der Waals surface area contributed by atoms with Crippen LogP contribution in [-0.4, -0.2) is 65.4 Å². The van der Waals surface area contributed by atoms with Crippen LogP contribution in [0.15, 0.2) is 0 Å². The summed E-state index contributed by atoms with van der Waals surface area (Å²) in [7, 11) is 0. The molecule has 0 saturated carbocycles. The minimum absolute atomic E-state index is 0.0279. The molecule has 1 fully saturated rings. The van der Waals surface area contributed by atoms with Crippen LogP contribution in [0.1, 0.15) is 40.0 Å². The van der Waals surface area contributed by atoms with Crippen molar-refractivity contribution in [2.75, 3.05) is 6.61 Å². The van der Waals surface area contributed by atoms with Gasteiger partial charge in [0.2, 0.25) is 0 Å². The van der Waals surface area contributed by atoms with Crippen molar-refractivity contribution in [2.24, 2.45) is 0 Å². The van der Waals surface area contributed by atoms with Gasteiger partial charge in [-0.25, -0.2) is 0 Å². The lowest BCUT2D eigenvalue weighted by molar-refractivity contribution is -0.296. The van der Waals surface area contributed by atoms with Gasteiger partial charge in [0.1, 0.15) is 6.10 Å². The smallest absolute Gasteiger partial charge is 0.306 e. The highest BCUT2D eigenvalue weighted by Crippen LogP contribution is 2.28. The molecule has 1 heterocycles. The number of hydrogen-bond donors (Lipinski definition) is 2. The third-order valence-corrected chi connectivity index (χ3v) is 3.46. The Morgan fingerprint density at radius 2 is 1.25 bits per heavy atom. The lowest BCUT2D eigenvalue weighted by atomic mass is 9.98. The van der Waals surface area contributed by atoms with E-state index in [9.17, 15) is 24.6 Å². The molecule has 1 unspecified atom stereocenters. The molecule has 9 heteroatoms. The van der Waals surface area contributed by atoms with Crippen molar-refractivity contribution >= 4 is 17.9 Å². The second-order valence-corrected chi connectivity index (χ2v) is 5.17. The molecule has 0 radical (unpaired) electrons. The first-order chi connectivity index (χ1) is 11.4. The number of aliphatic hydroxyl groups is 2. The summed E-state index contributed by atoms with van der Waals surface area (Å²) in [5.41, 5.74) is 0. The Kier molecular flexibility index (Phi) is 8.09. The quantitative estimate of drug-likeness (QED) is 0.469. The second-order valence-electron chi connectivity index (χ2n) is 5.17. The van der Waals surface area contributed by atoms with Crippen LogP contribution in [0.5, 0.6) is 0 Å². The zero-order valence-corrected chi connectivity index (χ0v) is 14.0. The number of hydrogen-bond acceptors (Lipinski definition) is 9. The summed E-state index contributed by atoms with van der Waals surface area (Å²) in [5.74, 6) is -1.90. The van der Waals surface area contributed by atoms with Crippen LogP contribution in [0, 0.1) is 0 Å². The van der Waals surface area contributed by atoms with E-state index in [4.69, 9.17) is 18.9 Å². The maximum absolute atomic E-state index is 11.7. The van der Waals surface area contributed by atoms with Crippen LogP contribution in [0.4, 0.5) is 0 Å². The van der Waals surface area contributed by atoms with E-state index < -0.39 is 55.2 Å². The minimum atomic E-state index is -1.64. The first-order valence-electron chi connectivity index (χ1n) is 7.90. The van der Waals surface area contributed by atoms with Gasteiger partial charge < -0.3 is 29.2 Å². The van der Waals surface area contributed by atoms with Crippen molar-refractivity contribution in [3.8, 4) is 0 Å². The third kappa shape index (κ3) is 5.15. The summed E-state index contributed by atoms with van der Waals surface area (Å²) < 4.78 is 20.6. The molecule has 0 bridgehead atoms. The van der Waals surface area contributed by atoms with Crippen LogP contribution in [0.2, 0.25) is 0 Å². The fourth-order valence-electron chi connectivity index (χ4n) is 2.15. The molecule has 0 aromatic rings. The van der Waals surface area contributed by atoms with Crippen LogP contribution in [0.25, 0.3) is 0 Å². The normalized spacial score (nSPS) is 29.6. The molecule has 9 nitrogen and oxygen atoms in total. The molecule has 0 aromatic heterocycles. The van der Waals surface area contributed by atoms with Crippen LogP contribution >= 0.6 is 0 Å². The highest BCUT2D eigenvalue weighted by atomic mass is 16.7. The molecule has 0 amide bonds. The maximum Gasteiger partial charge on any atom is 0.306 e. The Balaban J connectivity index is 3.11. The van der Waals surface area contributed by atoms with E-state index >= 15 is 0 Å². The lowest BCUT2D eigenvalue weighted by Crippen LogP contribution is -2.62. The number of aliphatic hydroxyl groups excluding tert-OH is 2. The average molecular weight is 348 g/mol. The summed E-state index contributed by atoms with van der Waals surface area (Å²) in [6.07, 6.45) is -6.53. The van der Waals surface area contributed by atoms with Crippen molar-refractivity contribution in [1.29, 1.82) is 0 Å². The summed E-state index contributed by atoms with van der Waals surface area (Å²) >= 11 is 0. The van der Waals surface area contributed by atoms with Crippen molar-refractivity contribution in [3.63, 3.8) is 0 Å². The molecule has 138 valence electrons. The molecule has 1 saturated heterocycles. The fourth-order valence-corrected chi connectivity index (χ4v) is 2.15. The van der Waals surface area contributed by atoms with Gasteiger partial charge in [0.05, 0.1) is 6.61 Å². The molecule has 1 aliphatic rings. The molecule has 2 N–H and O–H groups in total. The SMILES string of the molecule is CCC(=O)O[C@@H]1[C@H](OC(=O)CC)[C@@H](OC(=O)CC)C(O)O[C@@H]1CO. The Morgan fingerprint density at radius 1 is 0.833 bits per heavy atom. The van der Waals surface area contributed by atoms with Gasteiger partial charge in [-0.2, -0.15) is 0 Å². The number of ether oxygens (including phenoxy) is 4. The topological polar surface area (TPSA) is 129 Å². The lowest BCUT2D eigenvalue weighted by Gasteiger charge is -2.42. The summed E-state index contributed by atoms with van der Waals surface area (Å²) in [6, 6.07) is 0. The molecular weight excluding hydrogens is 324 g/mol. The molecule has 0 aromatic carbocycles. The maximum atomic E-state index is 11.7. The van der Waals surface area contributed by atoms with Crippen molar-refractivity contribution in [1.82, 2.24) is 0 Å². The molecular formula is C15H24O9. The summed E-state index contributed by atoms with van der Waals surface area (Å²) in [4.78, 5) is 34.9. The predicted molar refractivity (Wildman–Crippen MR) is 78.5 cm³/mol. The largest absolute Gasteiger partial charge is 0.455 e. The van der Waals surface area contributed by atoms with E-state index in [0.29, 0.717) is 0 Å². The van der Waals surface area contributed by atoms with Crippen molar-refractivity contribution in [2.45, 2.75) is 70.7 Å². The molecule has 24 heavy (non-hydrogen) atoms. The zero-order valence-electron chi connectivity index (χ0n) is 14.0. The van der Waals surface area contributed by atoms with E-state index in [1.807, 2.05) is 0 Å². The van der Waals surface area contributed by atoms with Crippen LogP contribution in [-0.2, 0) is 33.3 Å². The number of carbonyl (C=O) groups is 3. The van der Waals surface area contributed by atoms with Gasteiger partial charge in [0, 0.05) is 19.3 Å². The van der Waals surface area contributed by atoms with E-state index in [1.165, 1.54) is 0 Å². The molecule has 0 aliphatic carbocycles. The monoisotopic (exact) mass is 348 g/mol. The predicted octanol–water partition coefficient (Wildman–Crippen LogP) is -0.339. The Morgan fingerprint density at radius 3 is 1.67 bits per heavy atom. The fraction of sp³-hybridized carbons (Fsp3) is 0.800. The highest BCUT2D eigenvalue weighted by Gasteiger charge is 2.51.